The van der Waals surface area contributed by atoms with Crippen LogP contribution in [0.1, 0.15) is 32.8 Å². The van der Waals surface area contributed by atoms with Gasteiger partial charge in [-0.1, -0.05) is 25.1 Å². The lowest BCUT2D eigenvalue weighted by Gasteiger charge is -2.31. The van der Waals surface area contributed by atoms with Crippen molar-refractivity contribution in [1.29, 1.82) is 0 Å². The van der Waals surface area contributed by atoms with E-state index in [0.29, 0.717) is 6.04 Å². The molecule has 0 aromatic heterocycles. The number of ether oxygens (including phenoxy) is 1. The minimum Gasteiger partial charge on any atom is -0.383 e. The summed E-state index contributed by atoms with van der Waals surface area (Å²) >= 11 is 0. The van der Waals surface area contributed by atoms with E-state index in [4.69, 9.17) is 4.74 Å². The summed E-state index contributed by atoms with van der Waals surface area (Å²) in [5, 5.41) is 3.48. The SMILES string of the molecule is CCCNCc1ccccc1N(CC)C(C)COC. The smallest absolute Gasteiger partial charge is 0.0663 e. The summed E-state index contributed by atoms with van der Waals surface area (Å²) in [6.07, 6.45) is 1.17. The lowest BCUT2D eigenvalue weighted by molar-refractivity contribution is 0.182. The molecular weight excluding hydrogens is 236 g/mol. The molecule has 1 aromatic carbocycles. The number of rotatable bonds is 9. The van der Waals surface area contributed by atoms with Crippen molar-refractivity contribution in [1.82, 2.24) is 5.32 Å². The van der Waals surface area contributed by atoms with Crippen LogP contribution in [0.3, 0.4) is 0 Å². The van der Waals surface area contributed by atoms with E-state index in [2.05, 4.69) is 55.3 Å². The molecule has 0 aliphatic rings. The Morgan fingerprint density at radius 1 is 1.26 bits per heavy atom. The van der Waals surface area contributed by atoms with E-state index in [-0.39, 0.29) is 0 Å². The van der Waals surface area contributed by atoms with Gasteiger partial charge in [0.25, 0.3) is 0 Å². The first-order valence-corrected chi connectivity index (χ1v) is 7.28. The Kier molecular flexibility index (Phi) is 7.53. The lowest BCUT2D eigenvalue weighted by Crippen LogP contribution is -2.37. The molecule has 1 atom stereocenters. The van der Waals surface area contributed by atoms with Crippen LogP contribution in [0.15, 0.2) is 24.3 Å². The summed E-state index contributed by atoms with van der Waals surface area (Å²) < 4.78 is 5.29. The minimum atomic E-state index is 0.391. The predicted molar refractivity (Wildman–Crippen MR) is 82.8 cm³/mol. The average molecular weight is 264 g/mol. The van der Waals surface area contributed by atoms with Gasteiger partial charge in [0.2, 0.25) is 0 Å². The van der Waals surface area contributed by atoms with Crippen LogP contribution in [0, 0.1) is 0 Å². The predicted octanol–water partition coefficient (Wildman–Crippen LogP) is 3.05. The van der Waals surface area contributed by atoms with E-state index in [1.807, 2.05) is 0 Å². The number of hydrogen-bond donors (Lipinski definition) is 1. The quantitative estimate of drug-likeness (QED) is 0.694. The zero-order valence-electron chi connectivity index (χ0n) is 12.8. The van der Waals surface area contributed by atoms with Crippen LogP contribution >= 0.6 is 0 Å². The Bertz CT molecular complexity index is 354. The fraction of sp³-hybridized carbons (Fsp3) is 0.625. The van der Waals surface area contributed by atoms with Crippen LogP contribution in [0.5, 0.6) is 0 Å². The van der Waals surface area contributed by atoms with Crippen molar-refractivity contribution >= 4 is 5.69 Å². The van der Waals surface area contributed by atoms with E-state index in [1.54, 1.807) is 7.11 Å². The molecule has 0 aliphatic carbocycles. The molecule has 0 heterocycles. The number of methoxy groups -OCH3 is 1. The molecule has 1 unspecified atom stereocenters. The maximum atomic E-state index is 5.29. The highest BCUT2D eigenvalue weighted by atomic mass is 16.5. The number of hydrogen-bond acceptors (Lipinski definition) is 3. The lowest BCUT2D eigenvalue weighted by atomic mass is 10.1. The second kappa shape index (κ2) is 8.94. The normalized spacial score (nSPS) is 12.4. The Balaban J connectivity index is 2.83. The molecule has 0 aliphatic heterocycles. The molecule has 0 amide bonds. The summed E-state index contributed by atoms with van der Waals surface area (Å²) in [5.74, 6) is 0. The van der Waals surface area contributed by atoms with Crippen LogP contribution in [0.2, 0.25) is 0 Å². The van der Waals surface area contributed by atoms with Crippen LogP contribution in [-0.4, -0.2) is 32.8 Å². The van der Waals surface area contributed by atoms with Crippen molar-refractivity contribution in [2.75, 3.05) is 31.7 Å². The summed E-state index contributed by atoms with van der Waals surface area (Å²) in [4.78, 5) is 2.41. The van der Waals surface area contributed by atoms with Crippen molar-refractivity contribution in [3.05, 3.63) is 29.8 Å². The van der Waals surface area contributed by atoms with Crippen LogP contribution in [-0.2, 0) is 11.3 Å². The molecule has 0 radical (unpaired) electrons. The van der Waals surface area contributed by atoms with Crippen LogP contribution < -0.4 is 10.2 Å². The van der Waals surface area contributed by atoms with Gasteiger partial charge < -0.3 is 15.0 Å². The Hall–Kier alpha value is -1.06. The van der Waals surface area contributed by atoms with E-state index in [1.165, 1.54) is 17.7 Å². The van der Waals surface area contributed by atoms with Gasteiger partial charge >= 0.3 is 0 Å². The monoisotopic (exact) mass is 264 g/mol. The van der Waals surface area contributed by atoms with E-state index in [0.717, 1.165) is 26.2 Å². The summed E-state index contributed by atoms with van der Waals surface area (Å²) in [6, 6.07) is 9.03. The van der Waals surface area contributed by atoms with Gasteiger partial charge in [0.05, 0.1) is 6.61 Å². The third-order valence-corrected chi connectivity index (χ3v) is 3.32. The number of nitrogens with one attached hydrogen (secondary N) is 1. The first-order chi connectivity index (χ1) is 9.24. The molecule has 1 rings (SSSR count). The van der Waals surface area contributed by atoms with Crippen LogP contribution in [0.25, 0.3) is 0 Å². The number of nitrogens with zero attached hydrogens (tertiary/aromatic N) is 1. The third kappa shape index (κ3) is 4.84. The number of anilines is 1. The van der Waals surface area contributed by atoms with E-state index >= 15 is 0 Å². The number of para-hydroxylation sites is 1. The average Bonchev–Trinajstić information content (AvgIpc) is 2.42. The highest BCUT2D eigenvalue weighted by Crippen LogP contribution is 2.22. The first-order valence-electron chi connectivity index (χ1n) is 7.28. The van der Waals surface area contributed by atoms with Gasteiger partial charge in [-0.05, 0) is 38.4 Å². The van der Waals surface area contributed by atoms with E-state index < -0.39 is 0 Å². The molecule has 0 saturated carbocycles. The fourth-order valence-corrected chi connectivity index (χ4v) is 2.39. The van der Waals surface area contributed by atoms with Gasteiger partial charge in [-0.15, -0.1) is 0 Å². The molecule has 0 saturated heterocycles. The molecule has 0 spiro atoms. The van der Waals surface area contributed by atoms with Gasteiger partial charge in [0.1, 0.15) is 0 Å². The summed E-state index contributed by atoms with van der Waals surface area (Å²) in [7, 11) is 1.76. The molecule has 108 valence electrons. The van der Waals surface area contributed by atoms with Gasteiger partial charge in [-0.3, -0.25) is 0 Å². The van der Waals surface area contributed by atoms with Gasteiger partial charge in [-0.25, -0.2) is 0 Å². The third-order valence-electron chi connectivity index (χ3n) is 3.32. The molecule has 3 nitrogen and oxygen atoms in total. The number of likely N-dealkylation sites (N-methyl/N-ethyl adjacent to an activating group) is 1. The fourth-order valence-electron chi connectivity index (χ4n) is 2.39. The van der Waals surface area contributed by atoms with Crippen LogP contribution in [0.4, 0.5) is 5.69 Å². The minimum absolute atomic E-state index is 0.391. The molecule has 0 fully saturated rings. The standard InChI is InChI=1S/C16H28N2O/c1-5-11-17-12-15-9-7-8-10-16(15)18(6-2)14(3)13-19-4/h7-10,14,17H,5-6,11-13H2,1-4H3. The summed E-state index contributed by atoms with van der Waals surface area (Å²) in [5.41, 5.74) is 2.68. The van der Waals surface area contributed by atoms with Crippen molar-refractivity contribution in [2.24, 2.45) is 0 Å². The van der Waals surface area contributed by atoms with Crippen molar-refractivity contribution in [3.63, 3.8) is 0 Å². The maximum Gasteiger partial charge on any atom is 0.0663 e. The van der Waals surface area contributed by atoms with Crippen molar-refractivity contribution < 1.29 is 4.74 Å². The highest BCUT2D eigenvalue weighted by Gasteiger charge is 2.15. The van der Waals surface area contributed by atoms with Gasteiger partial charge in [-0.2, -0.15) is 0 Å². The van der Waals surface area contributed by atoms with Crippen molar-refractivity contribution in [3.8, 4) is 0 Å². The van der Waals surface area contributed by atoms with Gasteiger partial charge in [0.15, 0.2) is 0 Å². The van der Waals surface area contributed by atoms with Gasteiger partial charge in [0, 0.05) is 31.9 Å². The Morgan fingerprint density at radius 3 is 2.63 bits per heavy atom. The second-order valence-electron chi connectivity index (χ2n) is 4.90. The first kappa shape index (κ1) is 16.0. The molecule has 0 bridgehead atoms. The topological polar surface area (TPSA) is 24.5 Å². The summed E-state index contributed by atoms with van der Waals surface area (Å²) in [6.45, 7) is 10.3. The molecule has 19 heavy (non-hydrogen) atoms. The zero-order valence-corrected chi connectivity index (χ0v) is 12.8. The van der Waals surface area contributed by atoms with Crippen molar-refractivity contribution in [2.45, 2.75) is 39.8 Å². The largest absolute Gasteiger partial charge is 0.383 e. The molecule has 1 aromatic rings. The Labute approximate surface area is 118 Å². The zero-order chi connectivity index (χ0) is 14.1. The second-order valence-corrected chi connectivity index (χ2v) is 4.90. The number of benzene rings is 1. The molecule has 3 heteroatoms. The Morgan fingerprint density at radius 2 is 2.00 bits per heavy atom. The van der Waals surface area contributed by atoms with E-state index in [9.17, 15) is 0 Å². The molecular formula is C16H28N2O. The molecule has 1 N–H and O–H groups in total. The highest BCUT2D eigenvalue weighted by molar-refractivity contribution is 5.54. The maximum absolute atomic E-state index is 5.29.